The number of hydrogen-bond donors (Lipinski definition) is 1. The molecule has 7 nitrogen and oxygen atoms in total. The van der Waals surface area contributed by atoms with Crippen molar-refractivity contribution < 1.29 is 13.2 Å². The molecule has 2 heterocycles. The quantitative estimate of drug-likeness (QED) is 0.863. The lowest BCUT2D eigenvalue weighted by Gasteiger charge is -2.31. The van der Waals surface area contributed by atoms with Crippen LogP contribution in [0.15, 0.2) is 11.1 Å². The van der Waals surface area contributed by atoms with Gasteiger partial charge in [-0.1, -0.05) is 13.8 Å². The second-order valence-electron chi connectivity index (χ2n) is 4.91. The van der Waals surface area contributed by atoms with E-state index >= 15 is 0 Å². The van der Waals surface area contributed by atoms with Crippen LogP contribution in [0.2, 0.25) is 0 Å². The molecular formula is C12H22N4O3S. The lowest BCUT2D eigenvalue weighted by atomic mass is 10.2. The topological polar surface area (TPSA) is 90.5 Å². The van der Waals surface area contributed by atoms with E-state index in [9.17, 15) is 8.42 Å². The first-order valence-corrected chi connectivity index (χ1v) is 8.37. The number of sulfonamides is 1. The predicted molar refractivity (Wildman–Crippen MR) is 75.7 cm³/mol. The molecule has 1 fully saturated rings. The molecule has 0 amide bonds. The van der Waals surface area contributed by atoms with Crippen molar-refractivity contribution in [2.24, 2.45) is 0 Å². The molecule has 1 aliphatic rings. The minimum Gasteiger partial charge on any atom is -0.381 e. The molecule has 2 N–H and O–H groups in total. The Bertz CT molecular complexity index is 555. The van der Waals surface area contributed by atoms with Crippen molar-refractivity contribution in [3.05, 3.63) is 6.20 Å². The van der Waals surface area contributed by atoms with Gasteiger partial charge in [0.25, 0.3) is 0 Å². The number of aryl methyl sites for hydroxylation is 1. The van der Waals surface area contributed by atoms with Crippen molar-refractivity contribution in [2.75, 3.05) is 25.4 Å². The number of ether oxygens (including phenoxy) is 1. The standard InChI is InChI=1S/C12H22N4O3S/c1-3-5-15-9-11(12(13)14-15)20(17,18)16-6-7-19-10(4-2)8-16/h9-10H,3-8H2,1-2H3,(H2,13,14). The van der Waals surface area contributed by atoms with Crippen molar-refractivity contribution >= 4 is 15.8 Å². The summed E-state index contributed by atoms with van der Waals surface area (Å²) in [7, 11) is -3.59. The fourth-order valence-electron chi connectivity index (χ4n) is 2.26. The summed E-state index contributed by atoms with van der Waals surface area (Å²) in [5.41, 5.74) is 5.76. The van der Waals surface area contributed by atoms with Crippen LogP contribution in [0.3, 0.4) is 0 Å². The zero-order valence-electron chi connectivity index (χ0n) is 11.9. The van der Waals surface area contributed by atoms with E-state index in [-0.39, 0.29) is 16.8 Å². The molecule has 2 rings (SSSR count). The third-order valence-corrected chi connectivity index (χ3v) is 5.26. The van der Waals surface area contributed by atoms with E-state index < -0.39 is 10.0 Å². The summed E-state index contributed by atoms with van der Waals surface area (Å²) >= 11 is 0. The highest BCUT2D eigenvalue weighted by atomic mass is 32.2. The number of nitrogens with two attached hydrogens (primary N) is 1. The molecule has 114 valence electrons. The molecule has 0 bridgehead atoms. The van der Waals surface area contributed by atoms with E-state index in [2.05, 4.69) is 5.10 Å². The van der Waals surface area contributed by atoms with E-state index in [4.69, 9.17) is 10.5 Å². The van der Waals surface area contributed by atoms with Crippen molar-refractivity contribution in [3.8, 4) is 0 Å². The first-order valence-electron chi connectivity index (χ1n) is 6.93. The number of aromatic nitrogens is 2. The number of nitrogens with zero attached hydrogens (tertiary/aromatic N) is 3. The number of morpholine rings is 1. The fourth-order valence-corrected chi connectivity index (χ4v) is 3.77. The number of nitrogen functional groups attached to an aromatic ring is 1. The van der Waals surface area contributed by atoms with E-state index in [0.29, 0.717) is 26.2 Å². The van der Waals surface area contributed by atoms with Crippen LogP contribution in [-0.4, -0.2) is 48.3 Å². The van der Waals surface area contributed by atoms with Gasteiger partial charge in [0.2, 0.25) is 10.0 Å². The third-order valence-electron chi connectivity index (χ3n) is 3.38. The van der Waals surface area contributed by atoms with Crippen LogP contribution >= 0.6 is 0 Å². The van der Waals surface area contributed by atoms with Crippen molar-refractivity contribution in [1.82, 2.24) is 14.1 Å². The van der Waals surface area contributed by atoms with Gasteiger partial charge in [-0.05, 0) is 12.8 Å². The van der Waals surface area contributed by atoms with Crippen molar-refractivity contribution in [1.29, 1.82) is 0 Å². The zero-order chi connectivity index (χ0) is 14.8. The van der Waals surface area contributed by atoms with Gasteiger partial charge >= 0.3 is 0 Å². The average Bonchev–Trinajstić information content (AvgIpc) is 2.81. The SMILES string of the molecule is CCCn1cc(S(=O)(=O)N2CCOC(CC)C2)c(N)n1. The maximum absolute atomic E-state index is 12.6. The lowest BCUT2D eigenvalue weighted by Crippen LogP contribution is -2.45. The monoisotopic (exact) mass is 302 g/mol. The maximum Gasteiger partial charge on any atom is 0.248 e. The molecular weight excluding hydrogens is 280 g/mol. The van der Waals surface area contributed by atoms with Gasteiger partial charge in [0.05, 0.1) is 12.7 Å². The molecule has 0 aromatic carbocycles. The Labute approximate surface area is 119 Å². The summed E-state index contributed by atoms with van der Waals surface area (Å²) in [6.07, 6.45) is 3.13. The summed E-state index contributed by atoms with van der Waals surface area (Å²) in [5, 5.41) is 4.06. The largest absolute Gasteiger partial charge is 0.381 e. The Kier molecular flexibility index (Phi) is 4.66. The minimum absolute atomic E-state index is 0.0505. The predicted octanol–water partition coefficient (Wildman–Crippen LogP) is 0.675. The van der Waals surface area contributed by atoms with Crippen LogP contribution in [-0.2, 0) is 21.3 Å². The zero-order valence-corrected chi connectivity index (χ0v) is 12.8. The first-order chi connectivity index (χ1) is 9.48. The summed E-state index contributed by atoms with van der Waals surface area (Å²) in [5.74, 6) is 0.0676. The van der Waals surface area contributed by atoms with Crippen LogP contribution in [0.5, 0.6) is 0 Å². The molecule has 0 spiro atoms. The Hall–Kier alpha value is -1.12. The van der Waals surface area contributed by atoms with Gasteiger partial charge in [-0.2, -0.15) is 9.40 Å². The molecule has 1 aromatic rings. The molecule has 1 saturated heterocycles. The summed E-state index contributed by atoms with van der Waals surface area (Å²) < 4.78 is 33.8. The summed E-state index contributed by atoms with van der Waals surface area (Å²) in [4.78, 5) is 0.0997. The fraction of sp³-hybridized carbons (Fsp3) is 0.750. The highest BCUT2D eigenvalue weighted by Crippen LogP contribution is 2.23. The molecule has 0 aliphatic carbocycles. The molecule has 1 atom stereocenters. The number of hydrogen-bond acceptors (Lipinski definition) is 5. The van der Waals surface area contributed by atoms with Crippen molar-refractivity contribution in [2.45, 2.75) is 44.2 Å². The molecule has 8 heteroatoms. The van der Waals surface area contributed by atoms with E-state index in [1.54, 1.807) is 4.68 Å². The van der Waals surface area contributed by atoms with Crippen LogP contribution in [0.25, 0.3) is 0 Å². The summed E-state index contributed by atoms with van der Waals surface area (Å²) in [6.45, 7) is 5.78. The van der Waals surface area contributed by atoms with Gasteiger partial charge in [0.15, 0.2) is 5.82 Å². The highest BCUT2D eigenvalue weighted by Gasteiger charge is 2.32. The van der Waals surface area contributed by atoms with E-state index in [1.165, 1.54) is 10.5 Å². The molecule has 0 radical (unpaired) electrons. The van der Waals surface area contributed by atoms with Crippen LogP contribution in [0.4, 0.5) is 5.82 Å². The van der Waals surface area contributed by atoms with Crippen LogP contribution < -0.4 is 5.73 Å². The Morgan fingerprint density at radius 3 is 2.90 bits per heavy atom. The molecule has 0 saturated carbocycles. The molecule has 1 unspecified atom stereocenters. The normalized spacial score (nSPS) is 21.2. The van der Waals surface area contributed by atoms with Crippen molar-refractivity contribution in [3.63, 3.8) is 0 Å². The lowest BCUT2D eigenvalue weighted by molar-refractivity contribution is -0.00277. The minimum atomic E-state index is -3.59. The maximum atomic E-state index is 12.6. The van der Waals surface area contributed by atoms with E-state index in [0.717, 1.165) is 12.8 Å². The van der Waals surface area contributed by atoms with Gasteiger partial charge in [-0.3, -0.25) is 4.68 Å². The van der Waals surface area contributed by atoms with Gasteiger partial charge in [-0.15, -0.1) is 0 Å². The summed E-state index contributed by atoms with van der Waals surface area (Å²) in [6, 6.07) is 0. The molecule has 20 heavy (non-hydrogen) atoms. The molecule has 1 aromatic heterocycles. The van der Waals surface area contributed by atoms with Crippen LogP contribution in [0.1, 0.15) is 26.7 Å². The number of anilines is 1. The Morgan fingerprint density at radius 2 is 2.25 bits per heavy atom. The Balaban J connectivity index is 2.25. The Morgan fingerprint density at radius 1 is 1.50 bits per heavy atom. The van der Waals surface area contributed by atoms with Gasteiger partial charge in [-0.25, -0.2) is 8.42 Å². The second-order valence-corrected chi connectivity index (χ2v) is 6.81. The van der Waals surface area contributed by atoms with E-state index in [1.807, 2.05) is 13.8 Å². The van der Waals surface area contributed by atoms with Gasteiger partial charge < -0.3 is 10.5 Å². The average molecular weight is 302 g/mol. The highest BCUT2D eigenvalue weighted by molar-refractivity contribution is 7.89. The third kappa shape index (κ3) is 2.97. The van der Waals surface area contributed by atoms with Crippen LogP contribution in [0, 0.1) is 0 Å². The number of rotatable bonds is 5. The second kappa shape index (κ2) is 6.11. The van der Waals surface area contributed by atoms with Gasteiger partial charge in [0.1, 0.15) is 4.90 Å². The molecule has 1 aliphatic heterocycles. The smallest absolute Gasteiger partial charge is 0.248 e. The first kappa shape index (κ1) is 15.3. The van der Waals surface area contributed by atoms with Gasteiger partial charge in [0, 0.05) is 25.8 Å².